The molecule has 7 nitrogen and oxygen atoms in total. The Morgan fingerprint density at radius 1 is 1.37 bits per heavy atom. The third-order valence-corrected chi connectivity index (χ3v) is 5.02. The molecular weight excluding hydrogens is 270 g/mol. The van der Waals surface area contributed by atoms with Crippen molar-refractivity contribution in [3.05, 3.63) is 27.9 Å². The van der Waals surface area contributed by atoms with E-state index in [0.717, 1.165) is 18.9 Å². The Morgan fingerprint density at radius 3 is 2.63 bits per heavy atom. The number of sulfone groups is 1. The first-order chi connectivity index (χ1) is 8.93. The lowest BCUT2D eigenvalue weighted by Crippen LogP contribution is -2.53. The second kappa shape index (κ2) is 4.16. The van der Waals surface area contributed by atoms with E-state index in [-0.39, 0.29) is 34.7 Å². The molecule has 8 heteroatoms. The number of aromatic amines is 1. The van der Waals surface area contributed by atoms with E-state index in [4.69, 9.17) is 0 Å². The van der Waals surface area contributed by atoms with Gasteiger partial charge in [-0.15, -0.1) is 0 Å². The van der Waals surface area contributed by atoms with Gasteiger partial charge >= 0.3 is 0 Å². The average molecular weight is 283 g/mol. The van der Waals surface area contributed by atoms with Gasteiger partial charge in [0.2, 0.25) is 0 Å². The maximum Gasteiger partial charge on any atom is 0.270 e. The summed E-state index contributed by atoms with van der Waals surface area (Å²) in [5.74, 6) is 0.200. The lowest BCUT2D eigenvalue weighted by Gasteiger charge is -2.26. The fraction of sp³-hybridized carbons (Fsp3) is 0.545. The van der Waals surface area contributed by atoms with E-state index in [0.29, 0.717) is 5.82 Å². The van der Waals surface area contributed by atoms with Gasteiger partial charge in [0.15, 0.2) is 9.84 Å². The van der Waals surface area contributed by atoms with Crippen molar-refractivity contribution in [3.8, 4) is 0 Å². The molecule has 3 rings (SSSR count). The third-order valence-electron chi connectivity index (χ3n) is 3.20. The first-order valence-electron chi connectivity index (χ1n) is 6.05. The van der Waals surface area contributed by atoms with Crippen molar-refractivity contribution >= 4 is 15.7 Å². The van der Waals surface area contributed by atoms with Crippen molar-refractivity contribution in [2.24, 2.45) is 0 Å². The molecule has 0 atom stereocenters. The first-order valence-corrected chi connectivity index (χ1v) is 7.88. The summed E-state index contributed by atoms with van der Waals surface area (Å²) >= 11 is 0. The summed E-state index contributed by atoms with van der Waals surface area (Å²) in [6.07, 6.45) is 1.93. The SMILES string of the molecule is O=C(NC1CS(=O)(=O)C1)c1cc(=O)[nH]c(C2CC2)n1. The van der Waals surface area contributed by atoms with Crippen molar-refractivity contribution < 1.29 is 13.2 Å². The predicted molar refractivity (Wildman–Crippen MR) is 66.7 cm³/mol. The van der Waals surface area contributed by atoms with Crippen LogP contribution in [0.5, 0.6) is 0 Å². The molecule has 19 heavy (non-hydrogen) atoms. The molecule has 0 bridgehead atoms. The van der Waals surface area contributed by atoms with Gasteiger partial charge in [-0.2, -0.15) is 0 Å². The number of nitrogens with one attached hydrogen (secondary N) is 2. The summed E-state index contributed by atoms with van der Waals surface area (Å²) < 4.78 is 22.0. The highest BCUT2D eigenvalue weighted by Crippen LogP contribution is 2.37. The maximum atomic E-state index is 11.9. The summed E-state index contributed by atoms with van der Waals surface area (Å²) in [7, 11) is -2.98. The Hall–Kier alpha value is -1.70. The van der Waals surface area contributed by atoms with Crippen LogP contribution in [0.3, 0.4) is 0 Å². The number of nitrogens with zero attached hydrogens (tertiary/aromatic N) is 1. The lowest BCUT2D eigenvalue weighted by molar-refractivity contribution is 0.0936. The summed E-state index contributed by atoms with van der Waals surface area (Å²) in [6.45, 7) is 0. The topological polar surface area (TPSA) is 109 Å². The van der Waals surface area contributed by atoms with Gasteiger partial charge in [0.25, 0.3) is 11.5 Å². The Balaban J connectivity index is 1.74. The minimum absolute atomic E-state index is 0.0442. The van der Waals surface area contributed by atoms with E-state index < -0.39 is 15.7 Å². The third kappa shape index (κ3) is 2.67. The number of hydrogen-bond donors (Lipinski definition) is 2. The highest BCUT2D eigenvalue weighted by molar-refractivity contribution is 7.92. The maximum absolute atomic E-state index is 11.9. The molecule has 102 valence electrons. The van der Waals surface area contributed by atoms with Gasteiger partial charge in [-0.25, -0.2) is 13.4 Å². The van der Waals surface area contributed by atoms with E-state index in [1.807, 2.05) is 0 Å². The van der Waals surface area contributed by atoms with Gasteiger partial charge in [-0.05, 0) is 12.8 Å². The number of rotatable bonds is 3. The Kier molecular flexibility index (Phi) is 2.70. The van der Waals surface area contributed by atoms with Crippen molar-refractivity contribution in [2.75, 3.05) is 11.5 Å². The monoisotopic (exact) mass is 283 g/mol. The minimum Gasteiger partial charge on any atom is -0.346 e. The summed E-state index contributed by atoms with van der Waals surface area (Å²) in [4.78, 5) is 30.1. The van der Waals surface area contributed by atoms with Gasteiger partial charge < -0.3 is 10.3 Å². The molecule has 0 unspecified atom stereocenters. The van der Waals surface area contributed by atoms with Crippen molar-refractivity contribution in [1.29, 1.82) is 0 Å². The molecule has 1 aromatic heterocycles. The largest absolute Gasteiger partial charge is 0.346 e. The molecule has 0 aromatic carbocycles. The fourth-order valence-electron chi connectivity index (χ4n) is 2.05. The number of carbonyl (C=O) groups is 1. The second-order valence-corrected chi connectivity index (χ2v) is 7.19. The van der Waals surface area contributed by atoms with Crippen LogP contribution in [-0.2, 0) is 9.84 Å². The Labute approximate surface area is 109 Å². The van der Waals surface area contributed by atoms with E-state index in [1.54, 1.807) is 0 Å². The van der Waals surface area contributed by atoms with Gasteiger partial charge in [0, 0.05) is 12.0 Å². The summed E-state index contributed by atoms with van der Waals surface area (Å²) in [5, 5.41) is 2.57. The molecule has 2 fully saturated rings. The molecule has 1 saturated heterocycles. The lowest BCUT2D eigenvalue weighted by atomic mass is 10.3. The van der Waals surface area contributed by atoms with E-state index >= 15 is 0 Å². The summed E-state index contributed by atoms with van der Waals surface area (Å²) in [6, 6.07) is 0.761. The minimum atomic E-state index is -2.98. The molecule has 2 aliphatic rings. The summed E-state index contributed by atoms with van der Waals surface area (Å²) in [5.41, 5.74) is -0.307. The zero-order valence-electron chi connectivity index (χ0n) is 10.0. The standard InChI is InChI=1S/C11H13N3O4S/c15-9-3-8(13-10(14-9)6-1-2-6)11(16)12-7-4-19(17,18)5-7/h3,6-7H,1-2,4-5H2,(H,12,16)(H,13,14,15). The molecule has 0 radical (unpaired) electrons. The second-order valence-electron chi connectivity index (χ2n) is 5.04. The number of carbonyl (C=O) groups excluding carboxylic acids is 1. The normalized spacial score (nSPS) is 21.7. The molecule has 0 spiro atoms. The molecule has 1 aliphatic heterocycles. The first kappa shape index (κ1) is 12.3. The molecule has 1 amide bonds. The Bertz CT molecular complexity index is 678. The van der Waals surface area contributed by atoms with Gasteiger partial charge in [-0.3, -0.25) is 9.59 Å². The zero-order valence-corrected chi connectivity index (χ0v) is 10.9. The van der Waals surface area contributed by atoms with Crippen molar-refractivity contribution in [3.63, 3.8) is 0 Å². The quantitative estimate of drug-likeness (QED) is 0.753. The number of hydrogen-bond acceptors (Lipinski definition) is 5. The van der Waals surface area contributed by atoms with Crippen LogP contribution in [0.4, 0.5) is 0 Å². The smallest absolute Gasteiger partial charge is 0.270 e. The predicted octanol–water partition coefficient (Wildman–Crippen LogP) is -0.826. The number of H-pyrrole nitrogens is 1. The van der Waals surface area contributed by atoms with Crippen molar-refractivity contribution in [2.45, 2.75) is 24.8 Å². The van der Waals surface area contributed by atoms with Crippen LogP contribution < -0.4 is 10.9 Å². The van der Waals surface area contributed by atoms with E-state index in [1.165, 1.54) is 0 Å². The van der Waals surface area contributed by atoms with Gasteiger partial charge in [-0.1, -0.05) is 0 Å². The van der Waals surface area contributed by atoms with Gasteiger partial charge in [0.05, 0.1) is 17.5 Å². The zero-order chi connectivity index (χ0) is 13.6. The van der Waals surface area contributed by atoms with Crippen LogP contribution >= 0.6 is 0 Å². The fourth-order valence-corrected chi connectivity index (χ4v) is 3.34. The van der Waals surface area contributed by atoms with Crippen LogP contribution in [0.25, 0.3) is 0 Å². The molecule has 1 aliphatic carbocycles. The average Bonchev–Trinajstić information content (AvgIpc) is 3.09. The van der Waals surface area contributed by atoms with Gasteiger partial charge in [0.1, 0.15) is 11.5 Å². The van der Waals surface area contributed by atoms with Crippen LogP contribution in [0.1, 0.15) is 35.1 Å². The van der Waals surface area contributed by atoms with Crippen LogP contribution in [0.2, 0.25) is 0 Å². The van der Waals surface area contributed by atoms with Crippen molar-refractivity contribution in [1.82, 2.24) is 15.3 Å². The number of aromatic nitrogens is 2. The highest BCUT2D eigenvalue weighted by atomic mass is 32.2. The van der Waals surface area contributed by atoms with E-state index in [2.05, 4.69) is 15.3 Å². The van der Waals surface area contributed by atoms with Crippen LogP contribution in [-0.4, -0.2) is 41.8 Å². The molecule has 2 N–H and O–H groups in total. The molecule has 2 heterocycles. The van der Waals surface area contributed by atoms with Crippen LogP contribution in [0.15, 0.2) is 10.9 Å². The Morgan fingerprint density at radius 2 is 2.05 bits per heavy atom. The molecule has 1 saturated carbocycles. The molecular formula is C11H13N3O4S. The molecule has 1 aromatic rings. The van der Waals surface area contributed by atoms with Crippen LogP contribution in [0, 0.1) is 0 Å². The van der Waals surface area contributed by atoms with E-state index in [9.17, 15) is 18.0 Å². The highest BCUT2D eigenvalue weighted by Gasteiger charge is 2.35. The number of amides is 1.